The molecule has 7 heavy (non-hydrogen) atoms. The van der Waals surface area contributed by atoms with Crippen LogP contribution < -0.4 is 0 Å². The van der Waals surface area contributed by atoms with Crippen molar-refractivity contribution in [3.63, 3.8) is 0 Å². The zero-order valence-corrected chi connectivity index (χ0v) is 4.51. The minimum Gasteiger partial charge on any atom is -0.286 e. The van der Waals surface area contributed by atoms with E-state index in [2.05, 4.69) is 6.57 Å². The molecule has 0 aromatic rings. The quantitative estimate of drug-likeness (QED) is 0.446. The Hall–Kier alpha value is -0.600. The topological polar surface area (TPSA) is 78.2 Å². The maximum Gasteiger partial charge on any atom is 0.261 e. The third-order valence-electron chi connectivity index (χ3n) is 0. The minimum absolute atomic E-state index is 0.715. The number of rotatable bonds is 0. The third-order valence-corrected chi connectivity index (χ3v) is 0. The predicted molar refractivity (Wildman–Crippen MR) is 24.1 cm³/mol. The smallest absolute Gasteiger partial charge is 0.261 e. The van der Waals surface area contributed by atoms with Gasteiger partial charge in [0, 0.05) is 6.57 Å². The Bertz CT molecular complexity index is 124. The molecule has 42 valence electrons. The Morgan fingerprint density at radius 2 is 1.57 bits per heavy atom. The number of hydrogen-bond donors (Lipinski definition) is 1. The summed E-state index contributed by atoms with van der Waals surface area (Å²) in [5.41, 5.74) is 0. The number of nitriles is 1. The summed E-state index contributed by atoms with van der Waals surface area (Å²) in [7, 11) is -3.67. The van der Waals surface area contributed by atoms with Crippen molar-refractivity contribution in [3.8, 4) is 6.57 Å². The maximum atomic E-state index is 9.19. The molecule has 0 spiro atoms. The fourth-order valence-corrected chi connectivity index (χ4v) is 0. The summed E-state index contributed by atoms with van der Waals surface area (Å²) in [6.07, 6.45) is 0.715. The molecule has 0 aliphatic rings. The molecule has 0 fully saturated rings. The van der Waals surface area contributed by atoms with Gasteiger partial charge in [0.25, 0.3) is 10.1 Å². The lowest BCUT2D eigenvalue weighted by atomic mass is 11.9. The van der Waals surface area contributed by atoms with Crippen molar-refractivity contribution in [1.29, 1.82) is 5.26 Å². The maximum absolute atomic E-state index is 9.19. The molecule has 1 N–H and O–H groups in total. The highest BCUT2D eigenvalue weighted by Gasteiger charge is 1.81. The average Bonchev–Trinajstić information content (AvgIpc) is 1.36. The molecule has 0 rings (SSSR count). The standard InChI is InChI=1S/CHN.CH4O3S/c1-2;1-5(2,3)4/h1H;1H3,(H,2,3,4). The number of hydrogen-bond acceptors (Lipinski definition) is 3. The van der Waals surface area contributed by atoms with Gasteiger partial charge in [-0.1, -0.05) is 0 Å². The van der Waals surface area contributed by atoms with Gasteiger partial charge >= 0.3 is 0 Å². The monoisotopic (exact) mass is 123 g/mol. The first-order chi connectivity index (χ1) is 3.00. The summed E-state index contributed by atoms with van der Waals surface area (Å²) < 4.78 is 25.9. The Kier molecular flexibility index (Phi) is 4.94. The van der Waals surface area contributed by atoms with E-state index in [1.807, 2.05) is 0 Å². The molecule has 0 radical (unpaired) electrons. The molecule has 4 nitrogen and oxygen atoms in total. The van der Waals surface area contributed by atoms with Gasteiger partial charge in [-0.2, -0.15) is 8.42 Å². The van der Waals surface area contributed by atoms with Gasteiger partial charge in [-0.05, 0) is 0 Å². The molecule has 5 heteroatoms. The van der Waals surface area contributed by atoms with E-state index in [1.54, 1.807) is 0 Å². The first-order valence-electron chi connectivity index (χ1n) is 1.18. The molecule has 0 aliphatic carbocycles. The second-order valence-corrected chi connectivity index (χ2v) is 2.20. The van der Waals surface area contributed by atoms with Crippen molar-refractivity contribution in [2.45, 2.75) is 0 Å². The molecule has 0 atom stereocenters. The van der Waals surface area contributed by atoms with E-state index in [0.717, 1.165) is 0 Å². The van der Waals surface area contributed by atoms with Crippen LogP contribution >= 0.6 is 0 Å². The van der Waals surface area contributed by atoms with Gasteiger partial charge in [0.15, 0.2) is 0 Å². The Labute approximate surface area is 42.1 Å². The van der Waals surface area contributed by atoms with Crippen LogP contribution in [0.1, 0.15) is 0 Å². The largest absolute Gasteiger partial charge is 0.286 e. The highest BCUT2D eigenvalue weighted by atomic mass is 32.2. The molecule has 0 aromatic carbocycles. The predicted octanol–water partition coefficient (Wildman–Crippen LogP) is -0.356. The lowest BCUT2D eigenvalue weighted by molar-refractivity contribution is 0.490. The molecular formula is C2H5NO3S. The molecule has 0 amide bonds. The van der Waals surface area contributed by atoms with Gasteiger partial charge in [-0.15, -0.1) is 0 Å². The summed E-state index contributed by atoms with van der Waals surface area (Å²) in [5, 5.41) is 6.50. The first kappa shape index (κ1) is 9.64. The van der Waals surface area contributed by atoms with Crippen LogP contribution in [0.15, 0.2) is 0 Å². The van der Waals surface area contributed by atoms with Gasteiger partial charge in [-0.3, -0.25) is 4.55 Å². The highest BCUT2D eigenvalue weighted by molar-refractivity contribution is 7.85. The molecular weight excluding hydrogens is 118 g/mol. The lowest BCUT2D eigenvalue weighted by Gasteiger charge is -1.69. The van der Waals surface area contributed by atoms with Crippen LogP contribution in [-0.2, 0) is 10.1 Å². The van der Waals surface area contributed by atoms with Gasteiger partial charge in [0.05, 0.1) is 6.26 Å². The second kappa shape index (κ2) is 3.59. The zero-order chi connectivity index (χ0) is 6.50. The Morgan fingerprint density at radius 3 is 1.57 bits per heavy atom. The minimum atomic E-state index is -3.67. The van der Waals surface area contributed by atoms with Gasteiger partial charge in [-0.25, -0.2) is 5.26 Å². The van der Waals surface area contributed by atoms with Crippen molar-refractivity contribution in [3.05, 3.63) is 0 Å². The Morgan fingerprint density at radius 1 is 1.57 bits per heavy atom. The van der Waals surface area contributed by atoms with Crippen molar-refractivity contribution >= 4 is 10.1 Å². The molecule has 0 bridgehead atoms. The van der Waals surface area contributed by atoms with E-state index in [4.69, 9.17) is 9.81 Å². The van der Waals surface area contributed by atoms with E-state index >= 15 is 0 Å². The van der Waals surface area contributed by atoms with E-state index in [0.29, 0.717) is 6.26 Å². The van der Waals surface area contributed by atoms with E-state index in [1.165, 1.54) is 0 Å². The van der Waals surface area contributed by atoms with Crippen LogP contribution in [0.25, 0.3) is 0 Å². The van der Waals surface area contributed by atoms with E-state index in [-0.39, 0.29) is 0 Å². The van der Waals surface area contributed by atoms with Crippen molar-refractivity contribution in [1.82, 2.24) is 0 Å². The normalized spacial score (nSPS) is 8.57. The molecule has 0 unspecified atom stereocenters. The van der Waals surface area contributed by atoms with Crippen LogP contribution in [0.2, 0.25) is 0 Å². The van der Waals surface area contributed by atoms with Crippen molar-refractivity contribution < 1.29 is 13.0 Å². The van der Waals surface area contributed by atoms with Crippen LogP contribution in [0, 0.1) is 11.8 Å². The van der Waals surface area contributed by atoms with Crippen LogP contribution in [0.5, 0.6) is 0 Å². The van der Waals surface area contributed by atoms with Crippen LogP contribution in [-0.4, -0.2) is 19.2 Å². The summed E-state index contributed by atoms with van der Waals surface area (Å²) in [4.78, 5) is 0. The molecule has 0 saturated heterocycles. The highest BCUT2D eigenvalue weighted by Crippen LogP contribution is 1.60. The average molecular weight is 123 g/mol. The molecule has 0 heterocycles. The molecule has 0 aliphatic heterocycles. The van der Waals surface area contributed by atoms with Crippen LogP contribution in [0.3, 0.4) is 0 Å². The van der Waals surface area contributed by atoms with Gasteiger partial charge in [0.1, 0.15) is 0 Å². The SMILES string of the molecule is C#N.CS(=O)(=O)O. The summed E-state index contributed by atoms with van der Waals surface area (Å²) in [6.45, 7) is 3.50. The first-order valence-corrected chi connectivity index (χ1v) is 3.03. The van der Waals surface area contributed by atoms with Crippen molar-refractivity contribution in [2.75, 3.05) is 6.26 Å². The second-order valence-electron chi connectivity index (χ2n) is 0.733. The van der Waals surface area contributed by atoms with E-state index < -0.39 is 10.1 Å². The lowest BCUT2D eigenvalue weighted by Crippen LogP contribution is -1.88. The van der Waals surface area contributed by atoms with Crippen molar-refractivity contribution in [2.24, 2.45) is 0 Å². The fraction of sp³-hybridized carbons (Fsp3) is 0.500. The third kappa shape index (κ3) is 173. The van der Waals surface area contributed by atoms with E-state index in [9.17, 15) is 8.42 Å². The number of nitrogens with zero attached hydrogens (tertiary/aromatic N) is 1. The molecule has 0 saturated carbocycles. The van der Waals surface area contributed by atoms with Gasteiger partial charge < -0.3 is 0 Å². The van der Waals surface area contributed by atoms with Gasteiger partial charge in [0.2, 0.25) is 0 Å². The summed E-state index contributed by atoms with van der Waals surface area (Å²) in [6, 6.07) is 0. The summed E-state index contributed by atoms with van der Waals surface area (Å²) >= 11 is 0. The fourth-order valence-electron chi connectivity index (χ4n) is 0. The Balaban J connectivity index is 0. The van der Waals surface area contributed by atoms with Crippen LogP contribution in [0.4, 0.5) is 0 Å². The molecule has 0 aromatic heterocycles. The zero-order valence-electron chi connectivity index (χ0n) is 3.70. The summed E-state index contributed by atoms with van der Waals surface area (Å²) in [5.74, 6) is 0.